The van der Waals surface area contributed by atoms with Gasteiger partial charge in [0.05, 0.1) is 6.61 Å². The summed E-state index contributed by atoms with van der Waals surface area (Å²) < 4.78 is 39.7. The Labute approximate surface area is 106 Å². The highest BCUT2D eigenvalue weighted by Gasteiger charge is 2.33. The molecule has 106 valence electrons. The molecule has 0 aromatic rings. The topological polar surface area (TPSA) is 24.5 Å². The summed E-state index contributed by atoms with van der Waals surface area (Å²) in [5, 5.41) is 3.46. The summed E-state index contributed by atoms with van der Waals surface area (Å²) in [4.78, 5) is 2.16. The third-order valence-electron chi connectivity index (χ3n) is 3.87. The zero-order valence-electron chi connectivity index (χ0n) is 10.5. The molecule has 0 spiro atoms. The predicted molar refractivity (Wildman–Crippen MR) is 62.2 cm³/mol. The van der Waals surface area contributed by atoms with Gasteiger partial charge in [-0.05, 0) is 38.8 Å². The molecular weight excluding hydrogens is 245 g/mol. The number of piperidine rings is 1. The number of alkyl halides is 3. The van der Waals surface area contributed by atoms with Gasteiger partial charge in [0.25, 0.3) is 0 Å². The normalized spacial score (nSPS) is 30.8. The van der Waals surface area contributed by atoms with Crippen LogP contribution in [-0.2, 0) is 4.74 Å². The molecule has 6 heteroatoms. The molecular formula is C12H21F3N2O. The smallest absolute Gasteiger partial charge is 0.312 e. The standard InChI is InChI=1S/C12H21F3N2O/c13-12(14,15)18-9-8-17-7-2-1-5-11(17)10-4-3-6-16-10/h10-11,16H,1-9H2. The maximum atomic E-state index is 12.0. The summed E-state index contributed by atoms with van der Waals surface area (Å²) >= 11 is 0. The van der Waals surface area contributed by atoms with Crippen LogP contribution in [0.3, 0.4) is 0 Å². The van der Waals surface area contributed by atoms with E-state index in [1.54, 1.807) is 0 Å². The summed E-state index contributed by atoms with van der Waals surface area (Å²) in [6.45, 7) is 2.05. The second-order valence-corrected chi connectivity index (χ2v) is 5.10. The predicted octanol–water partition coefficient (Wildman–Crippen LogP) is 2.13. The van der Waals surface area contributed by atoms with Gasteiger partial charge in [0.15, 0.2) is 0 Å². The fraction of sp³-hybridized carbons (Fsp3) is 1.00. The van der Waals surface area contributed by atoms with Gasteiger partial charge in [-0.1, -0.05) is 6.42 Å². The van der Waals surface area contributed by atoms with Crippen molar-refractivity contribution in [3.05, 3.63) is 0 Å². The molecule has 0 aromatic carbocycles. The first kappa shape index (κ1) is 14.1. The van der Waals surface area contributed by atoms with E-state index >= 15 is 0 Å². The lowest BCUT2D eigenvalue weighted by atomic mass is 9.94. The van der Waals surface area contributed by atoms with Gasteiger partial charge < -0.3 is 5.32 Å². The summed E-state index contributed by atoms with van der Waals surface area (Å²) in [6.07, 6.45) is 1.16. The Bertz CT molecular complexity index is 254. The molecule has 1 N–H and O–H groups in total. The average molecular weight is 266 g/mol. The molecule has 2 heterocycles. The maximum absolute atomic E-state index is 12.0. The quantitative estimate of drug-likeness (QED) is 0.843. The van der Waals surface area contributed by atoms with Gasteiger partial charge in [-0.25, -0.2) is 0 Å². The number of hydrogen-bond donors (Lipinski definition) is 1. The van der Waals surface area contributed by atoms with Gasteiger partial charge in [-0.3, -0.25) is 9.64 Å². The number of nitrogens with one attached hydrogen (secondary N) is 1. The molecule has 2 unspecified atom stereocenters. The van der Waals surface area contributed by atoms with Gasteiger partial charge in [0.2, 0.25) is 0 Å². The van der Waals surface area contributed by atoms with Crippen molar-refractivity contribution in [1.82, 2.24) is 10.2 Å². The molecule has 2 saturated heterocycles. The van der Waals surface area contributed by atoms with Crippen molar-refractivity contribution in [3.8, 4) is 0 Å². The number of hydrogen-bond acceptors (Lipinski definition) is 3. The van der Waals surface area contributed by atoms with Crippen LogP contribution >= 0.6 is 0 Å². The minimum atomic E-state index is -4.50. The summed E-state index contributed by atoms with van der Waals surface area (Å²) in [7, 11) is 0. The van der Waals surface area contributed by atoms with Crippen LogP contribution in [0.5, 0.6) is 0 Å². The minimum absolute atomic E-state index is 0.257. The van der Waals surface area contributed by atoms with Crippen LogP contribution in [0.15, 0.2) is 0 Å². The van der Waals surface area contributed by atoms with Crippen molar-refractivity contribution < 1.29 is 17.9 Å². The Morgan fingerprint density at radius 3 is 2.67 bits per heavy atom. The third-order valence-corrected chi connectivity index (χ3v) is 3.87. The van der Waals surface area contributed by atoms with Crippen molar-refractivity contribution in [2.24, 2.45) is 0 Å². The SMILES string of the molecule is FC(F)(F)OCCN1CCCCC1C1CCCN1. The van der Waals surface area contributed by atoms with Crippen LogP contribution in [0, 0.1) is 0 Å². The van der Waals surface area contributed by atoms with E-state index in [-0.39, 0.29) is 6.61 Å². The molecule has 0 bridgehead atoms. The number of likely N-dealkylation sites (tertiary alicyclic amines) is 1. The van der Waals surface area contributed by atoms with E-state index in [0.29, 0.717) is 18.6 Å². The Hall–Kier alpha value is -0.330. The molecule has 18 heavy (non-hydrogen) atoms. The van der Waals surface area contributed by atoms with E-state index in [1.165, 1.54) is 12.8 Å². The molecule has 0 aliphatic carbocycles. The molecule has 2 atom stereocenters. The first-order chi connectivity index (χ1) is 8.56. The van der Waals surface area contributed by atoms with E-state index in [9.17, 15) is 13.2 Å². The fourth-order valence-electron chi connectivity index (χ4n) is 3.07. The van der Waals surface area contributed by atoms with E-state index in [4.69, 9.17) is 0 Å². The Balaban J connectivity index is 1.80. The second-order valence-electron chi connectivity index (χ2n) is 5.10. The first-order valence-corrected chi connectivity index (χ1v) is 6.74. The molecule has 2 aliphatic rings. The summed E-state index contributed by atoms with van der Waals surface area (Å²) in [5.74, 6) is 0. The Morgan fingerprint density at radius 1 is 1.17 bits per heavy atom. The highest BCUT2D eigenvalue weighted by molar-refractivity contribution is 4.90. The van der Waals surface area contributed by atoms with Crippen molar-refractivity contribution in [2.75, 3.05) is 26.2 Å². The van der Waals surface area contributed by atoms with Crippen LogP contribution in [-0.4, -0.2) is 49.6 Å². The average Bonchev–Trinajstić information content (AvgIpc) is 2.81. The molecule has 0 radical (unpaired) electrons. The van der Waals surface area contributed by atoms with E-state index in [1.807, 2.05) is 0 Å². The van der Waals surface area contributed by atoms with Crippen molar-refractivity contribution >= 4 is 0 Å². The molecule has 3 nitrogen and oxygen atoms in total. The van der Waals surface area contributed by atoms with E-state index in [2.05, 4.69) is 15.0 Å². The van der Waals surface area contributed by atoms with Crippen molar-refractivity contribution in [3.63, 3.8) is 0 Å². The summed E-state index contributed by atoms with van der Waals surface area (Å²) in [6, 6.07) is 0.842. The van der Waals surface area contributed by atoms with Crippen LogP contribution < -0.4 is 5.32 Å². The van der Waals surface area contributed by atoms with Crippen molar-refractivity contribution in [2.45, 2.75) is 50.6 Å². The number of halogens is 3. The zero-order chi connectivity index (χ0) is 13.0. The third kappa shape index (κ3) is 4.10. The van der Waals surface area contributed by atoms with Gasteiger partial charge in [0, 0.05) is 18.6 Å². The number of nitrogens with zero attached hydrogens (tertiary/aromatic N) is 1. The van der Waals surface area contributed by atoms with Gasteiger partial charge in [0.1, 0.15) is 0 Å². The number of rotatable bonds is 4. The maximum Gasteiger partial charge on any atom is 0.522 e. The monoisotopic (exact) mass is 266 g/mol. The van der Waals surface area contributed by atoms with Crippen LogP contribution in [0.25, 0.3) is 0 Å². The van der Waals surface area contributed by atoms with Crippen molar-refractivity contribution in [1.29, 1.82) is 0 Å². The lowest BCUT2D eigenvalue weighted by Gasteiger charge is -2.39. The lowest BCUT2D eigenvalue weighted by Crippen LogP contribution is -2.51. The molecule has 0 saturated carbocycles. The van der Waals surface area contributed by atoms with E-state index < -0.39 is 6.36 Å². The van der Waals surface area contributed by atoms with E-state index in [0.717, 1.165) is 32.4 Å². The summed E-state index contributed by atoms with van der Waals surface area (Å²) in [5.41, 5.74) is 0. The molecule has 2 aliphatic heterocycles. The Morgan fingerprint density at radius 2 is 2.00 bits per heavy atom. The molecule has 0 aromatic heterocycles. The first-order valence-electron chi connectivity index (χ1n) is 6.74. The largest absolute Gasteiger partial charge is 0.522 e. The molecule has 2 fully saturated rings. The zero-order valence-corrected chi connectivity index (χ0v) is 10.5. The highest BCUT2D eigenvalue weighted by Crippen LogP contribution is 2.24. The lowest BCUT2D eigenvalue weighted by molar-refractivity contribution is -0.325. The van der Waals surface area contributed by atoms with Gasteiger partial charge in [-0.2, -0.15) is 0 Å². The van der Waals surface area contributed by atoms with Gasteiger partial charge in [-0.15, -0.1) is 13.2 Å². The minimum Gasteiger partial charge on any atom is -0.312 e. The van der Waals surface area contributed by atoms with Gasteiger partial charge >= 0.3 is 6.36 Å². The molecule has 0 amide bonds. The van der Waals surface area contributed by atoms with Crippen LogP contribution in [0.4, 0.5) is 13.2 Å². The molecule has 2 rings (SSSR count). The fourth-order valence-corrected chi connectivity index (χ4v) is 3.07. The van der Waals surface area contributed by atoms with Crippen LogP contribution in [0.2, 0.25) is 0 Å². The highest BCUT2D eigenvalue weighted by atomic mass is 19.4. The Kier molecular flexibility index (Phi) is 4.86. The second kappa shape index (κ2) is 6.21. The number of ether oxygens (including phenoxy) is 1. The van der Waals surface area contributed by atoms with Crippen LogP contribution in [0.1, 0.15) is 32.1 Å².